The smallest absolute Gasteiger partial charge is 0.268 e. The van der Waals surface area contributed by atoms with E-state index in [2.05, 4.69) is 0 Å². The summed E-state index contributed by atoms with van der Waals surface area (Å²) in [7, 11) is 3.14. The molecule has 0 radical (unpaired) electrons. The summed E-state index contributed by atoms with van der Waals surface area (Å²) in [4.78, 5) is 28.3. The molecule has 1 heterocycles. The van der Waals surface area contributed by atoms with Crippen LogP contribution in [0, 0.1) is 0 Å². The van der Waals surface area contributed by atoms with Gasteiger partial charge in [-0.15, -0.1) is 11.8 Å². The van der Waals surface area contributed by atoms with Gasteiger partial charge in [-0.1, -0.05) is 32.3 Å². The summed E-state index contributed by atoms with van der Waals surface area (Å²) in [6.45, 7) is 1.99. The van der Waals surface area contributed by atoms with Crippen molar-refractivity contribution < 1.29 is 19.1 Å². The van der Waals surface area contributed by atoms with Gasteiger partial charge < -0.3 is 9.47 Å². The van der Waals surface area contributed by atoms with Gasteiger partial charge in [0, 0.05) is 6.04 Å². The van der Waals surface area contributed by atoms with Crippen molar-refractivity contribution >= 4 is 29.1 Å². The van der Waals surface area contributed by atoms with Crippen LogP contribution in [0.5, 0.6) is 11.5 Å². The van der Waals surface area contributed by atoms with E-state index in [1.54, 1.807) is 26.4 Å². The second kappa shape index (κ2) is 8.16. The summed E-state index contributed by atoms with van der Waals surface area (Å²) in [6.07, 6.45) is 5.13. The van der Waals surface area contributed by atoms with E-state index < -0.39 is 0 Å². The molecule has 0 aromatic heterocycles. The van der Waals surface area contributed by atoms with E-state index in [1.165, 1.54) is 23.1 Å². The molecule has 0 unspecified atom stereocenters. The molecular formula is C20H25NO4S. The van der Waals surface area contributed by atoms with E-state index in [4.69, 9.17) is 9.47 Å². The third-order valence-corrected chi connectivity index (χ3v) is 5.93. The van der Waals surface area contributed by atoms with Gasteiger partial charge in [-0.25, -0.2) is 0 Å². The van der Waals surface area contributed by atoms with Crippen molar-refractivity contribution in [3.63, 3.8) is 0 Å². The second-order valence-corrected chi connectivity index (χ2v) is 7.75. The standard InChI is InChI=1S/C20H25NO4S/c1-4-26-18-17(13-10-11-15(24-2)16(12-13)25-3)19(22)21(20(18)23)14-8-6-5-7-9-14/h10-12,14H,4-9H2,1-3H3. The molecule has 2 amide bonds. The lowest BCUT2D eigenvalue weighted by Gasteiger charge is -2.29. The second-order valence-electron chi connectivity index (χ2n) is 6.48. The lowest BCUT2D eigenvalue weighted by atomic mass is 9.94. The summed E-state index contributed by atoms with van der Waals surface area (Å²) in [6, 6.07) is 5.40. The molecule has 6 heteroatoms. The molecule has 1 aromatic carbocycles. The Morgan fingerprint density at radius 3 is 2.35 bits per heavy atom. The van der Waals surface area contributed by atoms with Crippen LogP contribution in [0.25, 0.3) is 5.57 Å². The first-order valence-corrected chi connectivity index (χ1v) is 10.1. The maximum absolute atomic E-state index is 13.2. The average Bonchev–Trinajstić information content (AvgIpc) is 2.92. The van der Waals surface area contributed by atoms with E-state index in [0.29, 0.717) is 27.5 Å². The summed E-state index contributed by atoms with van der Waals surface area (Å²) in [5.74, 6) is 1.57. The lowest BCUT2D eigenvalue weighted by molar-refractivity contribution is -0.139. The Bertz CT molecular complexity index is 737. The number of carbonyl (C=O) groups excluding carboxylic acids is 2. The Morgan fingerprint density at radius 1 is 1.04 bits per heavy atom. The molecule has 2 aliphatic rings. The summed E-state index contributed by atoms with van der Waals surface area (Å²) >= 11 is 1.44. The van der Waals surface area contributed by atoms with Crippen LogP contribution in [0.15, 0.2) is 23.1 Å². The van der Waals surface area contributed by atoms with Gasteiger partial charge in [0.25, 0.3) is 11.8 Å². The molecule has 3 rings (SSSR count). The molecule has 0 N–H and O–H groups in total. The molecule has 26 heavy (non-hydrogen) atoms. The highest BCUT2D eigenvalue weighted by Crippen LogP contribution is 2.41. The number of nitrogens with zero attached hydrogens (tertiary/aromatic N) is 1. The maximum atomic E-state index is 13.2. The Balaban J connectivity index is 2.02. The first-order valence-electron chi connectivity index (χ1n) is 9.09. The number of hydrogen-bond acceptors (Lipinski definition) is 5. The van der Waals surface area contributed by atoms with Gasteiger partial charge in [0.2, 0.25) is 0 Å². The molecule has 140 valence electrons. The van der Waals surface area contributed by atoms with E-state index in [1.807, 2.05) is 13.0 Å². The van der Waals surface area contributed by atoms with Crippen LogP contribution in [0.2, 0.25) is 0 Å². The highest BCUT2D eigenvalue weighted by atomic mass is 32.2. The first-order chi connectivity index (χ1) is 12.6. The Labute approximate surface area is 158 Å². The molecule has 5 nitrogen and oxygen atoms in total. The molecule has 1 fully saturated rings. The van der Waals surface area contributed by atoms with Gasteiger partial charge in [0.15, 0.2) is 11.5 Å². The number of thioether (sulfide) groups is 1. The highest BCUT2D eigenvalue weighted by molar-refractivity contribution is 8.04. The monoisotopic (exact) mass is 375 g/mol. The van der Waals surface area contributed by atoms with Gasteiger partial charge in [-0.05, 0) is 36.3 Å². The molecule has 0 saturated heterocycles. The fraction of sp³-hybridized carbons (Fsp3) is 0.500. The van der Waals surface area contributed by atoms with E-state index in [0.717, 1.165) is 31.4 Å². The Hall–Kier alpha value is -1.95. The van der Waals surface area contributed by atoms with Crippen LogP contribution in [-0.4, -0.2) is 42.7 Å². The van der Waals surface area contributed by atoms with Crippen LogP contribution in [0.4, 0.5) is 0 Å². The molecule has 1 aromatic rings. The van der Waals surface area contributed by atoms with Crippen molar-refractivity contribution in [1.29, 1.82) is 0 Å². The van der Waals surface area contributed by atoms with Gasteiger partial charge in [-0.2, -0.15) is 0 Å². The number of benzene rings is 1. The number of rotatable bonds is 6. The minimum absolute atomic E-state index is 0.0221. The van der Waals surface area contributed by atoms with Crippen LogP contribution in [0.1, 0.15) is 44.6 Å². The van der Waals surface area contributed by atoms with Gasteiger partial charge in [0.05, 0.1) is 24.7 Å². The van der Waals surface area contributed by atoms with Crippen molar-refractivity contribution in [1.82, 2.24) is 4.90 Å². The molecule has 0 spiro atoms. The predicted octanol–water partition coefficient (Wildman–Crippen LogP) is 3.87. The summed E-state index contributed by atoms with van der Waals surface area (Å²) in [5, 5.41) is 0. The van der Waals surface area contributed by atoms with Crippen molar-refractivity contribution in [2.45, 2.75) is 45.1 Å². The number of imide groups is 1. The number of ether oxygens (including phenoxy) is 2. The maximum Gasteiger partial charge on any atom is 0.268 e. The molecule has 1 saturated carbocycles. The number of methoxy groups -OCH3 is 2. The fourth-order valence-corrected chi connectivity index (χ4v) is 4.58. The minimum Gasteiger partial charge on any atom is -0.493 e. The van der Waals surface area contributed by atoms with Crippen LogP contribution >= 0.6 is 11.8 Å². The van der Waals surface area contributed by atoms with Crippen molar-refractivity contribution in [2.75, 3.05) is 20.0 Å². The van der Waals surface area contributed by atoms with Gasteiger partial charge in [-0.3, -0.25) is 14.5 Å². The molecule has 1 aliphatic carbocycles. The Morgan fingerprint density at radius 2 is 1.73 bits per heavy atom. The zero-order valence-corrected chi connectivity index (χ0v) is 16.4. The van der Waals surface area contributed by atoms with Crippen LogP contribution in [0.3, 0.4) is 0 Å². The summed E-state index contributed by atoms with van der Waals surface area (Å²) < 4.78 is 10.7. The van der Waals surface area contributed by atoms with E-state index >= 15 is 0 Å². The molecule has 0 bridgehead atoms. The lowest BCUT2D eigenvalue weighted by Crippen LogP contribution is -2.42. The number of hydrogen-bond donors (Lipinski definition) is 0. The topological polar surface area (TPSA) is 55.8 Å². The third-order valence-electron chi connectivity index (χ3n) is 4.97. The van der Waals surface area contributed by atoms with E-state index in [-0.39, 0.29) is 17.9 Å². The normalized spacial score (nSPS) is 18.7. The van der Waals surface area contributed by atoms with Gasteiger partial charge >= 0.3 is 0 Å². The summed E-state index contributed by atoms with van der Waals surface area (Å²) in [5.41, 5.74) is 1.20. The fourth-order valence-electron chi connectivity index (χ4n) is 3.72. The van der Waals surface area contributed by atoms with Crippen molar-refractivity contribution in [3.05, 3.63) is 28.7 Å². The SMILES string of the molecule is CCSC1=C(c2ccc(OC)c(OC)c2)C(=O)N(C2CCCCC2)C1=O. The minimum atomic E-state index is -0.176. The zero-order chi connectivity index (χ0) is 18.7. The predicted molar refractivity (Wildman–Crippen MR) is 103 cm³/mol. The van der Waals surface area contributed by atoms with Crippen molar-refractivity contribution in [2.24, 2.45) is 0 Å². The quantitative estimate of drug-likeness (QED) is 0.707. The zero-order valence-electron chi connectivity index (χ0n) is 15.5. The highest BCUT2D eigenvalue weighted by Gasteiger charge is 2.42. The molecule has 0 atom stereocenters. The van der Waals surface area contributed by atoms with Crippen molar-refractivity contribution in [3.8, 4) is 11.5 Å². The number of amides is 2. The van der Waals surface area contributed by atoms with Crippen LogP contribution < -0.4 is 9.47 Å². The van der Waals surface area contributed by atoms with Gasteiger partial charge in [0.1, 0.15) is 0 Å². The molecule has 1 aliphatic heterocycles. The van der Waals surface area contributed by atoms with Crippen LogP contribution in [-0.2, 0) is 9.59 Å². The third kappa shape index (κ3) is 3.34. The number of carbonyl (C=O) groups is 2. The van der Waals surface area contributed by atoms with E-state index in [9.17, 15) is 9.59 Å². The average molecular weight is 375 g/mol. The Kier molecular flexibility index (Phi) is 5.91. The first kappa shape index (κ1) is 18.8. The largest absolute Gasteiger partial charge is 0.493 e. The molecular weight excluding hydrogens is 350 g/mol.